The van der Waals surface area contributed by atoms with Gasteiger partial charge in [0.1, 0.15) is 11.3 Å². The van der Waals surface area contributed by atoms with Crippen LogP contribution in [0.3, 0.4) is 0 Å². The minimum Gasteiger partial charge on any atom is -0.453 e. The van der Waals surface area contributed by atoms with Crippen LogP contribution in [-0.4, -0.2) is 9.55 Å². The lowest BCUT2D eigenvalue weighted by atomic mass is 9.76. The van der Waals surface area contributed by atoms with Crippen LogP contribution in [0.1, 0.15) is 23.1 Å². The Hall–Kier alpha value is -5.09. The van der Waals surface area contributed by atoms with Gasteiger partial charge in [0.25, 0.3) is 0 Å². The van der Waals surface area contributed by atoms with Gasteiger partial charge in [0, 0.05) is 33.6 Å². The lowest BCUT2D eigenvalue weighted by Gasteiger charge is -2.26. The van der Waals surface area contributed by atoms with E-state index >= 15 is 0 Å². The largest absolute Gasteiger partial charge is 0.453 e. The van der Waals surface area contributed by atoms with Gasteiger partial charge < -0.3 is 13.4 Å². The first-order chi connectivity index (χ1) is 19.3. The molecule has 7 aromatic rings. The van der Waals surface area contributed by atoms with E-state index in [1.54, 1.807) is 0 Å². The van der Waals surface area contributed by atoms with Crippen molar-refractivity contribution in [3.63, 3.8) is 0 Å². The van der Waals surface area contributed by atoms with Gasteiger partial charge in [0.15, 0.2) is 11.2 Å². The van der Waals surface area contributed by atoms with Crippen LogP contribution in [-0.2, 0) is 0 Å². The highest BCUT2D eigenvalue weighted by Gasteiger charge is 2.35. The highest BCUT2D eigenvalue weighted by Crippen LogP contribution is 2.49. The summed E-state index contributed by atoms with van der Waals surface area (Å²) < 4.78 is 15.5. The van der Waals surface area contributed by atoms with Gasteiger partial charge in [-0.25, -0.2) is 4.98 Å². The summed E-state index contributed by atoms with van der Waals surface area (Å²) in [5.74, 6) is 1.82. The molecule has 2 aliphatic rings. The van der Waals surface area contributed by atoms with E-state index in [4.69, 9.17) is 13.8 Å². The van der Waals surface area contributed by atoms with Crippen molar-refractivity contribution in [2.75, 3.05) is 0 Å². The Kier molecular flexibility index (Phi) is 4.14. The first kappa shape index (κ1) is 20.9. The Labute approximate surface area is 223 Å². The molecule has 0 aliphatic heterocycles. The number of hydrogen-bond acceptors (Lipinski definition) is 3. The van der Waals surface area contributed by atoms with Crippen LogP contribution >= 0.6 is 0 Å². The maximum absolute atomic E-state index is 6.91. The molecule has 184 valence electrons. The zero-order valence-corrected chi connectivity index (χ0v) is 20.9. The Morgan fingerprint density at radius 1 is 0.667 bits per heavy atom. The van der Waals surface area contributed by atoms with Crippen LogP contribution in [0.25, 0.3) is 55.1 Å². The molecule has 4 heteroatoms. The van der Waals surface area contributed by atoms with Crippen molar-refractivity contribution in [1.82, 2.24) is 9.55 Å². The molecule has 0 fully saturated rings. The Balaban J connectivity index is 1.36. The first-order valence-corrected chi connectivity index (χ1v) is 13.3. The second kappa shape index (κ2) is 7.71. The number of fused-ring (bicyclic) bond motifs is 9. The van der Waals surface area contributed by atoms with Gasteiger partial charge in [0.2, 0.25) is 5.89 Å². The smallest absolute Gasteiger partial charge is 0.230 e. The number of aromatic nitrogens is 2. The second-order valence-electron chi connectivity index (χ2n) is 10.3. The van der Waals surface area contributed by atoms with Crippen molar-refractivity contribution in [1.29, 1.82) is 0 Å². The summed E-state index contributed by atoms with van der Waals surface area (Å²) in [6.45, 7) is 0. The highest BCUT2D eigenvalue weighted by molar-refractivity contribution is 6.10. The molecular weight excluding hydrogens is 480 g/mol. The van der Waals surface area contributed by atoms with Gasteiger partial charge in [0.05, 0.1) is 22.3 Å². The van der Waals surface area contributed by atoms with E-state index in [0.717, 1.165) is 50.1 Å². The molecule has 2 atom stereocenters. The molecule has 4 nitrogen and oxygen atoms in total. The van der Waals surface area contributed by atoms with Gasteiger partial charge in [-0.2, -0.15) is 0 Å². The predicted molar refractivity (Wildman–Crippen MR) is 156 cm³/mol. The molecule has 3 aromatic heterocycles. The number of oxazole rings is 1. The Morgan fingerprint density at radius 2 is 1.38 bits per heavy atom. The van der Waals surface area contributed by atoms with E-state index in [1.807, 2.05) is 24.3 Å². The zero-order chi connectivity index (χ0) is 25.5. The molecular formula is C35H22N2O2. The quantitative estimate of drug-likeness (QED) is 0.237. The number of benzene rings is 4. The van der Waals surface area contributed by atoms with Gasteiger partial charge in [-0.05, 0) is 30.3 Å². The molecule has 39 heavy (non-hydrogen) atoms. The van der Waals surface area contributed by atoms with Crippen LogP contribution < -0.4 is 0 Å². The normalized spacial score (nSPS) is 18.2. The van der Waals surface area contributed by atoms with Crippen LogP contribution in [0.15, 0.2) is 130 Å². The summed E-state index contributed by atoms with van der Waals surface area (Å²) in [6, 6.07) is 31.6. The van der Waals surface area contributed by atoms with Crippen molar-refractivity contribution >= 4 is 49.4 Å². The molecule has 0 saturated carbocycles. The number of allylic oxidation sites excluding steroid dienone is 5. The van der Waals surface area contributed by atoms with Crippen LogP contribution in [0.2, 0.25) is 0 Å². The van der Waals surface area contributed by atoms with Gasteiger partial charge >= 0.3 is 0 Å². The summed E-state index contributed by atoms with van der Waals surface area (Å²) in [7, 11) is 0. The summed E-state index contributed by atoms with van der Waals surface area (Å²) in [5.41, 5.74) is 7.95. The van der Waals surface area contributed by atoms with Crippen molar-refractivity contribution in [2.45, 2.75) is 5.92 Å². The molecule has 0 radical (unpaired) electrons. The minimum atomic E-state index is 0.188. The SMILES string of the molecule is C1=CC2C=C(c3nc4ccccc4o3)c3oc4c(-n5c6ccccc6c6ccccc65)cccc4c3C2C=C1. The first-order valence-electron chi connectivity index (χ1n) is 13.3. The fraction of sp³-hybridized carbons (Fsp3) is 0.0571. The fourth-order valence-electron chi connectivity index (χ4n) is 6.51. The number of para-hydroxylation sites is 5. The molecule has 4 aromatic carbocycles. The van der Waals surface area contributed by atoms with E-state index in [2.05, 4.69) is 102 Å². The number of nitrogens with zero attached hydrogens (tertiary/aromatic N) is 2. The summed E-state index contributed by atoms with van der Waals surface area (Å²) in [6.07, 6.45) is 11.0. The molecule has 9 rings (SSSR count). The summed E-state index contributed by atoms with van der Waals surface area (Å²) in [5, 5.41) is 3.59. The van der Waals surface area contributed by atoms with Crippen LogP contribution in [0, 0.1) is 5.92 Å². The molecule has 2 aliphatic carbocycles. The zero-order valence-electron chi connectivity index (χ0n) is 20.9. The Bertz CT molecular complexity index is 2110. The molecule has 0 amide bonds. The van der Waals surface area contributed by atoms with Crippen LogP contribution in [0.4, 0.5) is 0 Å². The average molecular weight is 503 g/mol. The second-order valence-corrected chi connectivity index (χ2v) is 10.3. The third-order valence-electron chi connectivity index (χ3n) is 8.19. The third kappa shape index (κ3) is 2.86. The minimum absolute atomic E-state index is 0.188. The van der Waals surface area contributed by atoms with Gasteiger partial charge in [-0.15, -0.1) is 0 Å². The summed E-state index contributed by atoms with van der Waals surface area (Å²) in [4.78, 5) is 4.85. The molecule has 0 saturated heterocycles. The lowest BCUT2D eigenvalue weighted by Crippen LogP contribution is -2.15. The van der Waals surface area contributed by atoms with E-state index in [1.165, 1.54) is 16.3 Å². The van der Waals surface area contributed by atoms with Crippen molar-refractivity contribution < 1.29 is 8.83 Å². The fourth-order valence-corrected chi connectivity index (χ4v) is 6.51. The average Bonchev–Trinajstić information content (AvgIpc) is 3.69. The van der Waals surface area contributed by atoms with E-state index in [-0.39, 0.29) is 11.8 Å². The summed E-state index contributed by atoms with van der Waals surface area (Å²) >= 11 is 0. The molecule has 0 bridgehead atoms. The third-order valence-corrected chi connectivity index (χ3v) is 8.19. The number of furan rings is 1. The standard InChI is InChI=1S/C35H22N2O2/c1-2-11-22-21(10-1)20-26(35-36-27-15-5-8-19-31(27)38-35)34-32(22)25-14-9-18-30(33(25)39-34)37-28-16-6-3-12-23(28)24-13-4-7-17-29(24)37/h1-22H. The maximum Gasteiger partial charge on any atom is 0.230 e. The molecule has 2 unspecified atom stereocenters. The molecule has 3 heterocycles. The highest BCUT2D eigenvalue weighted by atomic mass is 16.4. The number of hydrogen-bond donors (Lipinski definition) is 0. The van der Waals surface area contributed by atoms with Gasteiger partial charge in [-0.1, -0.05) is 91.0 Å². The van der Waals surface area contributed by atoms with E-state index < -0.39 is 0 Å². The van der Waals surface area contributed by atoms with Crippen LogP contribution in [0.5, 0.6) is 0 Å². The van der Waals surface area contributed by atoms with E-state index in [0.29, 0.717) is 5.89 Å². The molecule has 0 spiro atoms. The topological polar surface area (TPSA) is 44.1 Å². The van der Waals surface area contributed by atoms with Gasteiger partial charge in [-0.3, -0.25) is 0 Å². The predicted octanol–water partition coefficient (Wildman–Crippen LogP) is 8.94. The Morgan fingerprint density at radius 3 is 2.21 bits per heavy atom. The number of rotatable bonds is 2. The monoisotopic (exact) mass is 502 g/mol. The molecule has 0 N–H and O–H groups in total. The van der Waals surface area contributed by atoms with Crippen molar-refractivity contribution in [3.05, 3.63) is 139 Å². The van der Waals surface area contributed by atoms with Crippen molar-refractivity contribution in [3.8, 4) is 5.69 Å². The van der Waals surface area contributed by atoms with E-state index in [9.17, 15) is 0 Å². The van der Waals surface area contributed by atoms with Crippen molar-refractivity contribution in [2.24, 2.45) is 5.92 Å². The lowest BCUT2D eigenvalue weighted by molar-refractivity contribution is 0.546. The maximum atomic E-state index is 6.91.